The first-order chi connectivity index (χ1) is 14.6. The fraction of sp³-hybridized carbons (Fsp3) is 0.364. The Kier molecular flexibility index (Phi) is 7.51. The third-order valence-corrected chi connectivity index (χ3v) is 4.59. The maximum atomic E-state index is 12.5. The lowest BCUT2D eigenvalue weighted by atomic mass is 10.2. The summed E-state index contributed by atoms with van der Waals surface area (Å²) in [4.78, 5) is 26.6. The van der Waals surface area contributed by atoms with E-state index < -0.39 is 0 Å². The van der Waals surface area contributed by atoms with E-state index in [2.05, 4.69) is 10.6 Å². The van der Waals surface area contributed by atoms with E-state index in [4.69, 9.17) is 14.2 Å². The molecule has 0 fully saturated rings. The molecule has 0 saturated heterocycles. The summed E-state index contributed by atoms with van der Waals surface area (Å²) in [6.07, 6.45) is 0.818. The van der Waals surface area contributed by atoms with Crippen LogP contribution in [0.5, 0.6) is 17.2 Å². The number of methoxy groups -OCH3 is 1. The van der Waals surface area contributed by atoms with E-state index in [1.54, 1.807) is 42.3 Å². The zero-order valence-electron chi connectivity index (χ0n) is 17.3. The second kappa shape index (κ2) is 10.5. The monoisotopic (exact) mass is 413 g/mol. The smallest absolute Gasteiger partial charge is 0.238 e. The quantitative estimate of drug-likeness (QED) is 0.692. The van der Waals surface area contributed by atoms with Crippen LogP contribution < -0.4 is 24.8 Å². The highest BCUT2D eigenvalue weighted by molar-refractivity contribution is 5.95. The van der Waals surface area contributed by atoms with Gasteiger partial charge >= 0.3 is 0 Å². The summed E-state index contributed by atoms with van der Waals surface area (Å²) in [5.41, 5.74) is 1.22. The molecule has 8 heteroatoms. The van der Waals surface area contributed by atoms with Crippen molar-refractivity contribution in [2.24, 2.45) is 0 Å². The van der Waals surface area contributed by atoms with Crippen LogP contribution in [-0.4, -0.2) is 56.7 Å². The van der Waals surface area contributed by atoms with Gasteiger partial charge in [0.2, 0.25) is 11.8 Å². The highest BCUT2D eigenvalue weighted by Gasteiger charge is 2.16. The lowest BCUT2D eigenvalue weighted by Gasteiger charge is -2.20. The summed E-state index contributed by atoms with van der Waals surface area (Å²) >= 11 is 0. The van der Waals surface area contributed by atoms with Crippen LogP contribution in [0.3, 0.4) is 0 Å². The van der Waals surface area contributed by atoms with Crippen molar-refractivity contribution in [2.45, 2.75) is 13.3 Å². The molecule has 2 N–H and O–H groups in total. The maximum Gasteiger partial charge on any atom is 0.238 e. The van der Waals surface area contributed by atoms with Gasteiger partial charge in [-0.05, 0) is 30.8 Å². The Morgan fingerprint density at radius 3 is 2.43 bits per heavy atom. The number of carbonyl (C=O) groups excluding carboxylic acids is 2. The molecule has 1 aliphatic heterocycles. The minimum atomic E-state index is -0.218. The third kappa shape index (κ3) is 5.87. The van der Waals surface area contributed by atoms with Crippen molar-refractivity contribution in [3.05, 3.63) is 42.5 Å². The molecule has 0 spiro atoms. The third-order valence-electron chi connectivity index (χ3n) is 4.59. The second-order valence-electron chi connectivity index (χ2n) is 6.81. The molecule has 2 aromatic rings. The fourth-order valence-electron chi connectivity index (χ4n) is 3.06. The molecule has 8 nitrogen and oxygen atoms in total. The van der Waals surface area contributed by atoms with Crippen molar-refractivity contribution in [3.63, 3.8) is 0 Å². The number of hydrogen-bond donors (Lipinski definition) is 2. The minimum absolute atomic E-state index is 0.0864. The maximum absolute atomic E-state index is 12.5. The molecule has 2 aromatic carbocycles. The normalized spacial score (nSPS) is 12.8. The van der Waals surface area contributed by atoms with Crippen molar-refractivity contribution in [1.82, 2.24) is 4.90 Å². The summed E-state index contributed by atoms with van der Waals surface area (Å²) in [5.74, 6) is 1.45. The lowest BCUT2D eigenvalue weighted by Crippen LogP contribution is -2.38. The number of rotatable bonds is 8. The molecular formula is C22H27N3O5. The first-order valence-electron chi connectivity index (χ1n) is 9.93. The molecule has 1 aliphatic rings. The zero-order valence-corrected chi connectivity index (χ0v) is 17.3. The molecule has 0 aromatic heterocycles. The van der Waals surface area contributed by atoms with Gasteiger partial charge in [0.15, 0.2) is 11.5 Å². The molecule has 160 valence electrons. The first-order valence-corrected chi connectivity index (χ1v) is 9.93. The number of ether oxygens (including phenoxy) is 3. The number of para-hydroxylation sites is 2. The number of anilines is 2. The van der Waals surface area contributed by atoms with Crippen molar-refractivity contribution >= 4 is 23.2 Å². The molecule has 0 unspecified atom stereocenters. The van der Waals surface area contributed by atoms with E-state index in [1.165, 1.54) is 0 Å². The van der Waals surface area contributed by atoms with Crippen molar-refractivity contribution in [3.8, 4) is 17.2 Å². The topological polar surface area (TPSA) is 89.1 Å². The standard InChI is InChI=1S/C22H27N3O5/c1-3-25(15-22(27)24-17-7-4-5-8-18(17)28-2)14-21(26)23-16-9-10-19-20(13-16)30-12-6-11-29-19/h4-5,7-10,13H,3,6,11-12,14-15H2,1-2H3,(H,23,26)(H,24,27). The molecule has 2 amide bonds. The number of nitrogens with zero attached hydrogens (tertiary/aromatic N) is 1. The summed E-state index contributed by atoms with van der Waals surface area (Å²) in [7, 11) is 1.55. The number of fused-ring (bicyclic) bond motifs is 1. The Bertz CT molecular complexity index is 887. The van der Waals surface area contributed by atoms with Gasteiger partial charge in [-0.2, -0.15) is 0 Å². The van der Waals surface area contributed by atoms with E-state index in [1.807, 2.05) is 19.1 Å². The largest absolute Gasteiger partial charge is 0.495 e. The Morgan fingerprint density at radius 2 is 1.70 bits per heavy atom. The summed E-state index contributed by atoms with van der Waals surface area (Å²) < 4.78 is 16.5. The molecular weight excluding hydrogens is 386 g/mol. The van der Waals surface area contributed by atoms with Crippen LogP contribution in [0.2, 0.25) is 0 Å². The predicted molar refractivity (Wildman–Crippen MR) is 114 cm³/mol. The van der Waals surface area contributed by atoms with Gasteiger partial charge < -0.3 is 24.8 Å². The SMILES string of the molecule is CCN(CC(=O)Nc1ccc2c(c1)OCCCO2)CC(=O)Nc1ccccc1OC. The fourth-order valence-corrected chi connectivity index (χ4v) is 3.06. The van der Waals surface area contributed by atoms with E-state index in [0.717, 1.165) is 6.42 Å². The van der Waals surface area contributed by atoms with Crippen LogP contribution in [0.1, 0.15) is 13.3 Å². The molecule has 0 radical (unpaired) electrons. The molecule has 0 atom stereocenters. The van der Waals surface area contributed by atoms with Gasteiger partial charge in [-0.15, -0.1) is 0 Å². The Hall–Kier alpha value is -3.26. The first kappa shape index (κ1) is 21.4. The van der Waals surface area contributed by atoms with Gasteiger partial charge in [-0.25, -0.2) is 0 Å². The molecule has 0 bridgehead atoms. The highest BCUT2D eigenvalue weighted by Crippen LogP contribution is 2.32. The van der Waals surface area contributed by atoms with E-state index in [9.17, 15) is 9.59 Å². The predicted octanol–water partition coefficient (Wildman–Crippen LogP) is 2.76. The minimum Gasteiger partial charge on any atom is -0.495 e. The number of nitrogens with one attached hydrogen (secondary N) is 2. The number of benzene rings is 2. The lowest BCUT2D eigenvalue weighted by molar-refractivity contribution is -0.119. The molecule has 0 aliphatic carbocycles. The van der Waals surface area contributed by atoms with Crippen LogP contribution in [0, 0.1) is 0 Å². The van der Waals surface area contributed by atoms with Crippen LogP contribution >= 0.6 is 0 Å². The van der Waals surface area contributed by atoms with Gasteiger partial charge in [-0.1, -0.05) is 19.1 Å². The average molecular weight is 413 g/mol. The van der Waals surface area contributed by atoms with E-state index in [0.29, 0.717) is 48.4 Å². The zero-order chi connectivity index (χ0) is 21.3. The second-order valence-corrected chi connectivity index (χ2v) is 6.81. The van der Waals surface area contributed by atoms with Crippen molar-refractivity contribution < 1.29 is 23.8 Å². The van der Waals surface area contributed by atoms with Crippen LogP contribution in [0.4, 0.5) is 11.4 Å². The van der Waals surface area contributed by atoms with Crippen LogP contribution in [-0.2, 0) is 9.59 Å². The Morgan fingerprint density at radius 1 is 1.00 bits per heavy atom. The summed E-state index contributed by atoms with van der Waals surface area (Å²) in [6.45, 7) is 3.81. The molecule has 0 saturated carbocycles. The van der Waals surface area contributed by atoms with E-state index >= 15 is 0 Å². The van der Waals surface area contributed by atoms with Crippen molar-refractivity contribution in [1.29, 1.82) is 0 Å². The molecule has 30 heavy (non-hydrogen) atoms. The highest BCUT2D eigenvalue weighted by atomic mass is 16.5. The molecule has 1 heterocycles. The van der Waals surface area contributed by atoms with Gasteiger partial charge in [0, 0.05) is 18.2 Å². The number of amides is 2. The number of likely N-dealkylation sites (N-methyl/N-ethyl adjacent to an activating group) is 1. The Labute approximate surface area is 176 Å². The number of hydrogen-bond acceptors (Lipinski definition) is 6. The van der Waals surface area contributed by atoms with Gasteiger partial charge in [0.05, 0.1) is 39.1 Å². The van der Waals surface area contributed by atoms with Gasteiger partial charge in [-0.3, -0.25) is 14.5 Å². The summed E-state index contributed by atoms with van der Waals surface area (Å²) in [5, 5.41) is 5.67. The van der Waals surface area contributed by atoms with E-state index in [-0.39, 0.29) is 24.9 Å². The number of carbonyl (C=O) groups is 2. The summed E-state index contributed by atoms with van der Waals surface area (Å²) in [6, 6.07) is 12.5. The van der Waals surface area contributed by atoms with Gasteiger partial charge in [0.25, 0.3) is 0 Å². The average Bonchev–Trinajstić information content (AvgIpc) is 2.98. The van der Waals surface area contributed by atoms with Crippen molar-refractivity contribution in [2.75, 3.05) is 50.6 Å². The van der Waals surface area contributed by atoms with Crippen LogP contribution in [0.25, 0.3) is 0 Å². The Balaban J connectivity index is 1.54. The van der Waals surface area contributed by atoms with Gasteiger partial charge in [0.1, 0.15) is 5.75 Å². The van der Waals surface area contributed by atoms with Crippen LogP contribution in [0.15, 0.2) is 42.5 Å². The molecule has 3 rings (SSSR count).